The Kier molecular flexibility index (Phi) is 4.58. The number of fused-ring (bicyclic) bond motifs is 1. The average molecular weight is 333 g/mol. The predicted octanol–water partition coefficient (Wildman–Crippen LogP) is 4.57. The largest absolute Gasteiger partial charge is 0.298 e. The third-order valence-electron chi connectivity index (χ3n) is 4.74. The summed E-state index contributed by atoms with van der Waals surface area (Å²) in [4.78, 5) is 27.7. The van der Waals surface area contributed by atoms with Crippen LogP contribution >= 0.6 is 0 Å². The maximum absolute atomic E-state index is 13.4. The van der Waals surface area contributed by atoms with Gasteiger partial charge in [-0.3, -0.25) is 14.5 Å². The second-order valence-electron chi connectivity index (χ2n) is 6.88. The number of amides is 1. The van der Waals surface area contributed by atoms with Gasteiger partial charge in [0, 0.05) is 18.9 Å². The fourth-order valence-electron chi connectivity index (χ4n) is 3.64. The zero-order valence-corrected chi connectivity index (χ0v) is 15.0. The number of benzene rings is 2. The van der Waals surface area contributed by atoms with E-state index in [0.29, 0.717) is 18.4 Å². The average Bonchev–Trinajstić information content (AvgIpc) is 2.83. The van der Waals surface area contributed by atoms with Crippen molar-refractivity contribution in [1.82, 2.24) is 0 Å². The smallest absolute Gasteiger partial charge is 0.224 e. The van der Waals surface area contributed by atoms with Crippen LogP contribution < -0.4 is 4.90 Å². The van der Waals surface area contributed by atoms with E-state index in [1.807, 2.05) is 68.4 Å². The summed E-state index contributed by atoms with van der Waals surface area (Å²) in [5.74, 6) is -0.0731. The van der Waals surface area contributed by atoms with E-state index >= 15 is 0 Å². The molecule has 1 aliphatic rings. The molecule has 0 spiro atoms. The number of hydrogen-bond donors (Lipinski definition) is 0. The minimum absolute atomic E-state index is 0.0275. The molecule has 1 unspecified atom stereocenters. The first-order chi connectivity index (χ1) is 12.0. The highest BCUT2D eigenvalue weighted by Crippen LogP contribution is 2.43. The van der Waals surface area contributed by atoms with E-state index in [2.05, 4.69) is 6.08 Å². The molecule has 1 atom stereocenters. The third kappa shape index (κ3) is 3.02. The summed E-state index contributed by atoms with van der Waals surface area (Å²) >= 11 is 0. The lowest BCUT2D eigenvalue weighted by molar-refractivity contribution is -0.117. The number of carbonyl (C=O) groups is 2. The van der Waals surface area contributed by atoms with Crippen molar-refractivity contribution in [1.29, 1.82) is 0 Å². The predicted molar refractivity (Wildman–Crippen MR) is 101 cm³/mol. The van der Waals surface area contributed by atoms with Gasteiger partial charge < -0.3 is 0 Å². The molecule has 1 amide bonds. The van der Waals surface area contributed by atoms with E-state index in [1.165, 1.54) is 6.92 Å². The van der Waals surface area contributed by atoms with Gasteiger partial charge in [-0.15, -0.1) is 0 Å². The quantitative estimate of drug-likeness (QED) is 0.768. The molecule has 0 fully saturated rings. The Morgan fingerprint density at radius 2 is 1.64 bits per heavy atom. The van der Waals surface area contributed by atoms with Crippen molar-refractivity contribution < 1.29 is 9.59 Å². The monoisotopic (exact) mass is 333 g/mol. The Morgan fingerprint density at radius 1 is 1.00 bits per heavy atom. The summed E-state index contributed by atoms with van der Waals surface area (Å²) in [5.41, 5.74) is 2.65. The van der Waals surface area contributed by atoms with Gasteiger partial charge in [0.2, 0.25) is 5.91 Å². The molecule has 3 rings (SSSR count). The lowest BCUT2D eigenvalue weighted by Crippen LogP contribution is -2.54. The van der Waals surface area contributed by atoms with Gasteiger partial charge >= 0.3 is 0 Å². The van der Waals surface area contributed by atoms with E-state index in [-0.39, 0.29) is 11.7 Å². The standard InChI is InChI=1S/C22H23NO2/c1-16(2)13-14-22(15-18-9-5-4-6-10-18)21(25)19-11-7-8-12-20(19)23(22)17(3)24/h4-13H,14-15H2,1-3H3. The Hall–Kier alpha value is -2.68. The molecule has 2 aromatic carbocycles. The van der Waals surface area contributed by atoms with Crippen LogP contribution in [0.25, 0.3) is 0 Å². The van der Waals surface area contributed by atoms with Crippen LogP contribution in [-0.4, -0.2) is 17.2 Å². The van der Waals surface area contributed by atoms with Crippen molar-refractivity contribution in [2.45, 2.75) is 39.2 Å². The minimum atomic E-state index is -0.895. The van der Waals surface area contributed by atoms with Crippen molar-refractivity contribution in [3.63, 3.8) is 0 Å². The summed E-state index contributed by atoms with van der Waals surface area (Å²) in [6.07, 6.45) is 3.07. The first kappa shape index (κ1) is 17.2. The molecule has 0 saturated heterocycles. The molecule has 2 aromatic rings. The molecule has 0 N–H and O–H groups in total. The summed E-state index contributed by atoms with van der Waals surface area (Å²) < 4.78 is 0. The highest BCUT2D eigenvalue weighted by Gasteiger charge is 2.52. The summed E-state index contributed by atoms with van der Waals surface area (Å²) in [6, 6.07) is 17.3. The first-order valence-electron chi connectivity index (χ1n) is 8.57. The van der Waals surface area contributed by atoms with Crippen LogP contribution in [0.4, 0.5) is 5.69 Å². The maximum atomic E-state index is 13.4. The number of anilines is 1. The maximum Gasteiger partial charge on any atom is 0.224 e. The van der Waals surface area contributed by atoms with Crippen molar-refractivity contribution in [3.05, 3.63) is 77.4 Å². The van der Waals surface area contributed by atoms with Gasteiger partial charge in [0.1, 0.15) is 5.54 Å². The van der Waals surface area contributed by atoms with Gasteiger partial charge in [-0.25, -0.2) is 0 Å². The van der Waals surface area contributed by atoms with Crippen LogP contribution in [0, 0.1) is 0 Å². The molecule has 25 heavy (non-hydrogen) atoms. The van der Waals surface area contributed by atoms with E-state index in [0.717, 1.165) is 16.8 Å². The summed E-state index contributed by atoms with van der Waals surface area (Å²) in [5, 5.41) is 0. The molecule has 1 heterocycles. The number of carbonyl (C=O) groups excluding carboxylic acids is 2. The van der Waals surface area contributed by atoms with Gasteiger partial charge in [-0.1, -0.05) is 54.1 Å². The van der Waals surface area contributed by atoms with Crippen LogP contribution in [0.3, 0.4) is 0 Å². The van der Waals surface area contributed by atoms with Crippen molar-refractivity contribution in [3.8, 4) is 0 Å². The van der Waals surface area contributed by atoms with Crippen LogP contribution in [0.5, 0.6) is 0 Å². The molecule has 3 nitrogen and oxygen atoms in total. The van der Waals surface area contributed by atoms with E-state index in [4.69, 9.17) is 0 Å². The van der Waals surface area contributed by atoms with Crippen molar-refractivity contribution in [2.24, 2.45) is 0 Å². The molecular weight excluding hydrogens is 310 g/mol. The summed E-state index contributed by atoms with van der Waals surface area (Å²) in [7, 11) is 0. The second-order valence-corrected chi connectivity index (χ2v) is 6.88. The Morgan fingerprint density at radius 3 is 2.28 bits per heavy atom. The molecule has 0 bridgehead atoms. The zero-order chi connectivity index (χ0) is 18.0. The molecule has 1 aliphatic heterocycles. The zero-order valence-electron chi connectivity index (χ0n) is 15.0. The molecule has 3 heteroatoms. The van der Waals surface area contributed by atoms with E-state index in [9.17, 15) is 9.59 Å². The second kappa shape index (κ2) is 6.67. The number of Topliss-reactive ketones (excluding diaryl/α,β-unsaturated/α-hetero) is 1. The number of hydrogen-bond acceptors (Lipinski definition) is 2. The van der Waals surface area contributed by atoms with Gasteiger partial charge in [0.15, 0.2) is 5.78 Å². The Labute approximate surface area is 149 Å². The normalized spacial score (nSPS) is 18.8. The lowest BCUT2D eigenvalue weighted by atomic mass is 9.82. The van der Waals surface area contributed by atoms with E-state index in [1.54, 1.807) is 4.90 Å². The first-order valence-corrected chi connectivity index (χ1v) is 8.57. The van der Waals surface area contributed by atoms with E-state index < -0.39 is 5.54 Å². The molecule has 0 radical (unpaired) electrons. The number of allylic oxidation sites excluding steroid dienone is 1. The summed E-state index contributed by atoms with van der Waals surface area (Å²) in [6.45, 7) is 5.57. The fraction of sp³-hybridized carbons (Fsp3) is 0.273. The minimum Gasteiger partial charge on any atom is -0.298 e. The molecule has 0 aliphatic carbocycles. The molecular formula is C22H23NO2. The van der Waals surface area contributed by atoms with Gasteiger partial charge in [-0.2, -0.15) is 0 Å². The van der Waals surface area contributed by atoms with Crippen LogP contribution in [0.2, 0.25) is 0 Å². The van der Waals surface area contributed by atoms with Gasteiger partial charge in [0.25, 0.3) is 0 Å². The fourth-order valence-corrected chi connectivity index (χ4v) is 3.64. The number of nitrogens with zero attached hydrogens (tertiary/aromatic N) is 1. The SMILES string of the molecule is CC(=O)N1c2ccccc2C(=O)C1(CC=C(C)C)Cc1ccccc1. The Bertz CT molecular complexity index is 834. The van der Waals surface area contributed by atoms with Gasteiger partial charge in [0.05, 0.1) is 5.69 Å². The highest BCUT2D eigenvalue weighted by atomic mass is 16.2. The topological polar surface area (TPSA) is 37.4 Å². The van der Waals surface area contributed by atoms with Crippen LogP contribution in [0.15, 0.2) is 66.2 Å². The van der Waals surface area contributed by atoms with Crippen LogP contribution in [0.1, 0.15) is 43.1 Å². The Balaban J connectivity index is 2.17. The molecule has 0 aromatic heterocycles. The highest BCUT2D eigenvalue weighted by molar-refractivity contribution is 6.20. The number of para-hydroxylation sites is 1. The third-order valence-corrected chi connectivity index (χ3v) is 4.74. The lowest BCUT2D eigenvalue weighted by Gasteiger charge is -2.36. The number of ketones is 1. The molecule has 128 valence electrons. The van der Waals surface area contributed by atoms with Gasteiger partial charge in [-0.05, 0) is 38.0 Å². The van der Waals surface area contributed by atoms with Crippen LogP contribution in [-0.2, 0) is 11.2 Å². The number of rotatable bonds is 4. The van der Waals surface area contributed by atoms with Crippen molar-refractivity contribution >= 4 is 17.4 Å². The molecule has 0 saturated carbocycles. The van der Waals surface area contributed by atoms with Crippen molar-refractivity contribution in [2.75, 3.05) is 4.90 Å².